The number of piperazine rings is 1. The molecule has 0 saturated carbocycles. The molecule has 1 atom stereocenters. The number of hydrogen-bond donors (Lipinski definition) is 0. The first-order valence-corrected chi connectivity index (χ1v) is 8.80. The quantitative estimate of drug-likeness (QED) is 0.716. The minimum Gasteiger partial charge on any atom is -0.472 e. The molecule has 0 aliphatic carbocycles. The Morgan fingerprint density at radius 2 is 2.00 bits per heavy atom. The van der Waals surface area contributed by atoms with Gasteiger partial charge in [0.15, 0.2) is 0 Å². The van der Waals surface area contributed by atoms with E-state index in [0.29, 0.717) is 13.0 Å². The van der Waals surface area contributed by atoms with Crippen molar-refractivity contribution in [3.63, 3.8) is 0 Å². The number of aromatic nitrogens is 1. The third-order valence-electron chi connectivity index (χ3n) is 4.69. The fourth-order valence-electron chi connectivity index (χ4n) is 3.15. The lowest BCUT2D eigenvalue weighted by Crippen LogP contribution is -2.58. The van der Waals surface area contributed by atoms with Crippen LogP contribution in [0.2, 0.25) is 0 Å². The number of hydrogen-bond acceptors (Lipinski definition) is 5. The van der Waals surface area contributed by atoms with Crippen LogP contribution in [0.15, 0.2) is 18.3 Å². The molecule has 4 amide bonds. The first-order valence-electron chi connectivity index (χ1n) is 8.80. The summed E-state index contributed by atoms with van der Waals surface area (Å²) in [7, 11) is 0. The van der Waals surface area contributed by atoms with Gasteiger partial charge in [-0.2, -0.15) is 13.2 Å². The number of pyridine rings is 1. The van der Waals surface area contributed by atoms with Crippen molar-refractivity contribution in [2.75, 3.05) is 32.7 Å². The number of alkyl halides is 3. The molecule has 3 heterocycles. The van der Waals surface area contributed by atoms with Gasteiger partial charge in [-0.05, 0) is 13.0 Å². The lowest BCUT2D eigenvalue weighted by Gasteiger charge is -2.33. The first kappa shape index (κ1) is 19.9. The molecule has 0 radical (unpaired) electrons. The van der Waals surface area contributed by atoms with E-state index in [-0.39, 0.29) is 32.1 Å². The van der Waals surface area contributed by atoms with E-state index in [1.165, 1.54) is 9.80 Å². The van der Waals surface area contributed by atoms with Crippen LogP contribution in [-0.2, 0) is 15.8 Å². The maximum atomic E-state index is 12.8. The summed E-state index contributed by atoms with van der Waals surface area (Å²) in [4.78, 5) is 44.0. The van der Waals surface area contributed by atoms with Crippen LogP contribution in [-0.4, -0.2) is 76.4 Å². The van der Waals surface area contributed by atoms with E-state index in [9.17, 15) is 27.6 Å². The van der Waals surface area contributed by atoms with Gasteiger partial charge in [-0.1, -0.05) is 0 Å². The summed E-state index contributed by atoms with van der Waals surface area (Å²) < 4.78 is 43.8. The van der Waals surface area contributed by atoms with Crippen molar-refractivity contribution in [2.45, 2.75) is 25.6 Å². The van der Waals surface area contributed by atoms with Gasteiger partial charge in [-0.15, -0.1) is 0 Å². The Bertz CT molecular complexity index is 786. The number of halogens is 3. The van der Waals surface area contributed by atoms with Crippen LogP contribution in [0.3, 0.4) is 0 Å². The molecule has 1 aromatic rings. The minimum absolute atomic E-state index is 0.0895. The highest BCUT2D eigenvalue weighted by Gasteiger charge is 2.39. The standard InChI is InChI=1S/C17H19F3N4O4/c1-2-22-7-8-24(15(26)14(22)25)16(27)23-6-4-12(10-23)28-13-9-11(3-5-21-13)17(18,19)20/h3,5,9,12H,2,4,6-8,10H2,1H3. The SMILES string of the molecule is CCN1CCN(C(=O)N2CCC(Oc3cc(C(F)(F)F)ccn3)C2)C(=O)C1=O. The Labute approximate surface area is 158 Å². The molecule has 2 aliphatic heterocycles. The molecule has 8 nitrogen and oxygen atoms in total. The predicted octanol–water partition coefficient (Wildman–Crippen LogP) is 1.36. The third-order valence-corrected chi connectivity index (χ3v) is 4.69. The van der Waals surface area contributed by atoms with Crippen molar-refractivity contribution < 1.29 is 32.3 Å². The largest absolute Gasteiger partial charge is 0.472 e. The molecule has 11 heteroatoms. The highest BCUT2D eigenvalue weighted by atomic mass is 19.4. The number of ether oxygens (including phenoxy) is 1. The van der Waals surface area contributed by atoms with E-state index in [4.69, 9.17) is 4.74 Å². The molecule has 28 heavy (non-hydrogen) atoms. The van der Waals surface area contributed by atoms with Crippen LogP contribution in [0.25, 0.3) is 0 Å². The Kier molecular flexibility index (Phi) is 5.43. The maximum absolute atomic E-state index is 12.8. The van der Waals surface area contributed by atoms with Gasteiger partial charge in [0.25, 0.3) is 0 Å². The van der Waals surface area contributed by atoms with Gasteiger partial charge in [0.05, 0.1) is 12.1 Å². The summed E-state index contributed by atoms with van der Waals surface area (Å²) in [5, 5.41) is 0. The van der Waals surface area contributed by atoms with Crippen molar-refractivity contribution in [1.29, 1.82) is 0 Å². The summed E-state index contributed by atoms with van der Waals surface area (Å²) in [6.07, 6.45) is -3.68. The topological polar surface area (TPSA) is 83.0 Å². The summed E-state index contributed by atoms with van der Waals surface area (Å²) in [5.41, 5.74) is -0.874. The Hall–Kier alpha value is -2.85. The predicted molar refractivity (Wildman–Crippen MR) is 89.2 cm³/mol. The molecular formula is C17H19F3N4O4. The second-order valence-electron chi connectivity index (χ2n) is 6.48. The fourth-order valence-corrected chi connectivity index (χ4v) is 3.15. The van der Waals surface area contributed by atoms with E-state index >= 15 is 0 Å². The molecule has 2 aliphatic rings. The smallest absolute Gasteiger partial charge is 0.416 e. The molecule has 1 unspecified atom stereocenters. The van der Waals surface area contributed by atoms with Crippen molar-refractivity contribution in [3.8, 4) is 5.88 Å². The number of rotatable bonds is 3. The zero-order valence-electron chi connectivity index (χ0n) is 15.1. The molecule has 0 aromatic carbocycles. The van der Waals surface area contributed by atoms with E-state index in [1.54, 1.807) is 6.92 Å². The van der Waals surface area contributed by atoms with Gasteiger partial charge >= 0.3 is 24.0 Å². The summed E-state index contributed by atoms with van der Waals surface area (Å²) in [5.74, 6) is -1.78. The van der Waals surface area contributed by atoms with Gasteiger partial charge in [-0.3, -0.25) is 14.5 Å². The van der Waals surface area contributed by atoms with Crippen molar-refractivity contribution in [2.24, 2.45) is 0 Å². The zero-order valence-corrected chi connectivity index (χ0v) is 15.1. The minimum atomic E-state index is -4.51. The second kappa shape index (κ2) is 7.64. The van der Waals surface area contributed by atoms with E-state index in [1.807, 2.05) is 0 Å². The van der Waals surface area contributed by atoms with E-state index < -0.39 is 35.7 Å². The maximum Gasteiger partial charge on any atom is 0.416 e. The number of imide groups is 1. The first-order chi connectivity index (χ1) is 13.2. The average Bonchev–Trinajstić information content (AvgIpc) is 3.11. The molecule has 0 N–H and O–H groups in total. The van der Waals surface area contributed by atoms with Crippen molar-refractivity contribution in [1.82, 2.24) is 19.7 Å². The number of amides is 4. The number of urea groups is 1. The van der Waals surface area contributed by atoms with Gasteiger partial charge in [0, 0.05) is 44.9 Å². The van der Waals surface area contributed by atoms with Crippen LogP contribution in [0.4, 0.5) is 18.0 Å². The fraction of sp³-hybridized carbons (Fsp3) is 0.529. The molecular weight excluding hydrogens is 381 g/mol. The molecule has 3 rings (SSSR count). The molecule has 0 bridgehead atoms. The normalized spacial score (nSPS) is 20.7. The van der Waals surface area contributed by atoms with Crippen LogP contribution >= 0.6 is 0 Å². The molecule has 2 fully saturated rings. The molecule has 2 saturated heterocycles. The molecule has 0 spiro atoms. The van der Waals surface area contributed by atoms with Gasteiger partial charge in [0.1, 0.15) is 6.10 Å². The number of carbonyl (C=O) groups excluding carboxylic acids is 3. The summed E-state index contributed by atoms with van der Waals surface area (Å²) in [6, 6.07) is 1.05. The molecule has 1 aromatic heterocycles. The lowest BCUT2D eigenvalue weighted by molar-refractivity contribution is -0.153. The van der Waals surface area contributed by atoms with Gasteiger partial charge in [0.2, 0.25) is 5.88 Å². The highest BCUT2D eigenvalue weighted by molar-refractivity contribution is 6.38. The number of carbonyl (C=O) groups is 3. The van der Waals surface area contributed by atoms with Crippen LogP contribution in [0.5, 0.6) is 5.88 Å². The van der Waals surface area contributed by atoms with E-state index in [2.05, 4.69) is 4.98 Å². The second-order valence-corrected chi connectivity index (χ2v) is 6.48. The summed E-state index contributed by atoms with van der Waals surface area (Å²) in [6.45, 7) is 2.86. The van der Waals surface area contributed by atoms with Crippen LogP contribution in [0, 0.1) is 0 Å². The summed E-state index contributed by atoms with van der Waals surface area (Å²) >= 11 is 0. The van der Waals surface area contributed by atoms with Gasteiger partial charge < -0.3 is 14.5 Å². The molecule has 152 valence electrons. The Morgan fingerprint density at radius 3 is 2.68 bits per heavy atom. The van der Waals surface area contributed by atoms with Crippen LogP contribution < -0.4 is 4.74 Å². The van der Waals surface area contributed by atoms with Crippen LogP contribution in [0.1, 0.15) is 18.9 Å². The zero-order chi connectivity index (χ0) is 20.5. The van der Waals surface area contributed by atoms with Gasteiger partial charge in [-0.25, -0.2) is 9.78 Å². The monoisotopic (exact) mass is 400 g/mol. The Morgan fingerprint density at radius 1 is 1.25 bits per heavy atom. The average molecular weight is 400 g/mol. The highest BCUT2D eigenvalue weighted by Crippen LogP contribution is 2.31. The Balaban J connectivity index is 1.60. The lowest BCUT2D eigenvalue weighted by atomic mass is 10.2. The third kappa shape index (κ3) is 4.02. The number of likely N-dealkylation sites (N-methyl/N-ethyl adjacent to an activating group) is 1. The number of likely N-dealkylation sites (tertiary alicyclic amines) is 1. The van der Waals surface area contributed by atoms with Crippen molar-refractivity contribution >= 4 is 17.8 Å². The number of nitrogens with zero attached hydrogens (tertiary/aromatic N) is 4. The van der Waals surface area contributed by atoms with Crippen molar-refractivity contribution in [3.05, 3.63) is 23.9 Å². The van der Waals surface area contributed by atoms with E-state index in [0.717, 1.165) is 23.2 Å².